The normalized spacial score (nSPS) is 22.3. The lowest BCUT2D eigenvalue weighted by atomic mass is 9.44. The molecular weight excluding hydrogens is 404 g/mol. The van der Waals surface area contributed by atoms with Gasteiger partial charge in [-0.15, -0.1) is 0 Å². The van der Waals surface area contributed by atoms with Gasteiger partial charge < -0.3 is 35.7 Å². The molecule has 14 heteroatoms. The molecule has 0 aliphatic heterocycles. The summed E-state index contributed by atoms with van der Waals surface area (Å²) < 4.78 is 0. The van der Waals surface area contributed by atoms with Gasteiger partial charge in [0.05, 0.1) is 5.92 Å². The number of aliphatic carboxylic acids is 7. The molecular formula is C15H16O14. The van der Waals surface area contributed by atoms with Gasteiger partial charge in [0.1, 0.15) is 0 Å². The first-order valence-electron chi connectivity index (χ1n) is 7.83. The van der Waals surface area contributed by atoms with Gasteiger partial charge in [-0.3, -0.25) is 33.6 Å². The Morgan fingerprint density at radius 3 is 1.28 bits per heavy atom. The predicted octanol–water partition coefficient (Wildman–Crippen LogP) is -1.27. The molecule has 1 rings (SSSR count). The molecule has 0 spiro atoms. The molecule has 1 fully saturated rings. The van der Waals surface area contributed by atoms with Gasteiger partial charge in [-0.2, -0.15) is 0 Å². The fourth-order valence-corrected chi connectivity index (χ4v) is 4.18. The van der Waals surface area contributed by atoms with Crippen molar-refractivity contribution in [2.75, 3.05) is 0 Å². The smallest absolute Gasteiger partial charge is 0.324 e. The van der Waals surface area contributed by atoms with Crippen LogP contribution in [0.15, 0.2) is 0 Å². The van der Waals surface area contributed by atoms with Gasteiger partial charge >= 0.3 is 41.8 Å². The average Bonchev–Trinajstić information content (AvgIpc) is 2.52. The maximum atomic E-state index is 12.2. The summed E-state index contributed by atoms with van der Waals surface area (Å²) in [6.45, 7) is 0. The van der Waals surface area contributed by atoms with Crippen molar-refractivity contribution in [3.05, 3.63) is 0 Å². The molecule has 0 heterocycles. The molecule has 14 nitrogen and oxygen atoms in total. The van der Waals surface area contributed by atoms with E-state index in [-0.39, 0.29) is 0 Å². The number of carbonyl (C=O) groups is 7. The zero-order valence-corrected chi connectivity index (χ0v) is 14.4. The van der Waals surface area contributed by atoms with Crippen LogP contribution in [0.25, 0.3) is 0 Å². The van der Waals surface area contributed by atoms with Crippen molar-refractivity contribution in [3.8, 4) is 0 Å². The van der Waals surface area contributed by atoms with Crippen LogP contribution in [-0.4, -0.2) is 77.5 Å². The second kappa shape index (κ2) is 7.37. The molecule has 0 saturated heterocycles. The lowest BCUT2D eigenvalue weighted by molar-refractivity contribution is -0.227. The second-order valence-electron chi connectivity index (χ2n) is 6.43. The van der Waals surface area contributed by atoms with Gasteiger partial charge in [0.15, 0.2) is 5.41 Å². The summed E-state index contributed by atoms with van der Waals surface area (Å²) in [5, 5.41) is 67.4. The SMILES string of the molecule is O=C(O)C1CCCCC(C(=O)O)(C(=O)O)C(C(=O)O)(C(=O)O)C1(C(=O)O)C(=O)O. The van der Waals surface area contributed by atoms with E-state index < -0.39 is 89.6 Å². The van der Waals surface area contributed by atoms with E-state index in [9.17, 15) is 69.3 Å². The van der Waals surface area contributed by atoms with Crippen LogP contribution in [0, 0.1) is 22.2 Å². The highest BCUT2D eigenvalue weighted by atomic mass is 16.4. The molecule has 0 aromatic heterocycles. The van der Waals surface area contributed by atoms with Crippen LogP contribution in [-0.2, 0) is 33.6 Å². The molecule has 0 aromatic rings. The Labute approximate surface area is 160 Å². The van der Waals surface area contributed by atoms with Crippen molar-refractivity contribution in [1.82, 2.24) is 0 Å². The van der Waals surface area contributed by atoms with E-state index in [1.807, 2.05) is 0 Å². The van der Waals surface area contributed by atoms with Crippen LogP contribution in [0.4, 0.5) is 0 Å². The number of hydrogen-bond donors (Lipinski definition) is 7. The molecule has 0 radical (unpaired) electrons. The summed E-state index contributed by atoms with van der Waals surface area (Å²) in [6.07, 6.45) is -3.06. The van der Waals surface area contributed by atoms with E-state index in [1.54, 1.807) is 0 Å². The summed E-state index contributed by atoms with van der Waals surface area (Å²) in [5.41, 5.74) is -13.0. The van der Waals surface area contributed by atoms with Crippen LogP contribution in [0.3, 0.4) is 0 Å². The fraction of sp³-hybridized carbons (Fsp3) is 0.533. The Morgan fingerprint density at radius 2 is 1.00 bits per heavy atom. The lowest BCUT2D eigenvalue weighted by Crippen LogP contribution is -2.75. The molecule has 160 valence electrons. The molecule has 0 aromatic carbocycles. The van der Waals surface area contributed by atoms with E-state index in [2.05, 4.69) is 0 Å². The zero-order valence-electron chi connectivity index (χ0n) is 14.4. The van der Waals surface area contributed by atoms with E-state index in [4.69, 9.17) is 0 Å². The molecule has 0 amide bonds. The Balaban J connectivity index is 4.55. The van der Waals surface area contributed by atoms with E-state index >= 15 is 0 Å². The first-order chi connectivity index (χ1) is 13.2. The minimum atomic E-state index is -4.63. The van der Waals surface area contributed by atoms with E-state index in [0.717, 1.165) is 0 Å². The van der Waals surface area contributed by atoms with Crippen molar-refractivity contribution in [2.45, 2.75) is 25.7 Å². The van der Waals surface area contributed by atoms with Crippen LogP contribution in [0.2, 0.25) is 0 Å². The van der Waals surface area contributed by atoms with Gasteiger partial charge in [-0.1, -0.05) is 12.8 Å². The minimum Gasteiger partial charge on any atom is -0.481 e. The molecule has 1 saturated carbocycles. The summed E-state index contributed by atoms with van der Waals surface area (Å²) in [7, 11) is 0. The minimum absolute atomic E-state index is 0.406. The second-order valence-corrected chi connectivity index (χ2v) is 6.43. The van der Waals surface area contributed by atoms with Gasteiger partial charge in [-0.05, 0) is 12.8 Å². The van der Waals surface area contributed by atoms with Crippen molar-refractivity contribution < 1.29 is 69.3 Å². The standard InChI is InChI=1S/C15H16O14/c16-6(17)5-3-1-2-4-13(7(18)19,8(20)21)15(11(26)27,12(28)29)14(5,9(22)23)10(24)25/h5H,1-4H2,(H,16,17)(H,18,19)(H,20,21)(H,22,23)(H,24,25)(H,26,27)(H,28,29). The number of carboxylic acids is 7. The molecule has 7 N–H and O–H groups in total. The van der Waals surface area contributed by atoms with E-state index in [0.29, 0.717) is 0 Å². The summed E-state index contributed by atoms with van der Waals surface area (Å²) in [4.78, 5) is 84.2. The highest BCUT2D eigenvalue weighted by Gasteiger charge is 2.86. The van der Waals surface area contributed by atoms with E-state index in [1.165, 1.54) is 0 Å². The maximum absolute atomic E-state index is 12.2. The Morgan fingerprint density at radius 1 is 0.586 bits per heavy atom. The summed E-state index contributed by atoms with van der Waals surface area (Å²) >= 11 is 0. The van der Waals surface area contributed by atoms with Crippen molar-refractivity contribution in [1.29, 1.82) is 0 Å². The summed E-state index contributed by atoms with van der Waals surface area (Å²) in [6, 6.07) is 0. The third-order valence-corrected chi connectivity index (χ3v) is 5.39. The predicted molar refractivity (Wildman–Crippen MR) is 82.7 cm³/mol. The largest absolute Gasteiger partial charge is 0.481 e. The van der Waals surface area contributed by atoms with Crippen LogP contribution in [0.5, 0.6) is 0 Å². The van der Waals surface area contributed by atoms with Gasteiger partial charge in [-0.25, -0.2) is 0 Å². The summed E-state index contributed by atoms with van der Waals surface area (Å²) in [5.74, 6) is -21.7. The average molecular weight is 420 g/mol. The third kappa shape index (κ3) is 2.59. The molecule has 1 aliphatic rings. The molecule has 0 bridgehead atoms. The zero-order chi connectivity index (χ0) is 22.9. The lowest BCUT2D eigenvalue weighted by Gasteiger charge is -2.49. The molecule has 1 aliphatic carbocycles. The van der Waals surface area contributed by atoms with Crippen LogP contribution < -0.4 is 0 Å². The van der Waals surface area contributed by atoms with Crippen LogP contribution in [0.1, 0.15) is 25.7 Å². The quantitative estimate of drug-likeness (QED) is 0.237. The monoisotopic (exact) mass is 420 g/mol. The fourth-order valence-electron chi connectivity index (χ4n) is 4.18. The van der Waals surface area contributed by atoms with Gasteiger partial charge in [0.2, 0.25) is 10.8 Å². The Kier molecular flexibility index (Phi) is 5.93. The van der Waals surface area contributed by atoms with Crippen molar-refractivity contribution >= 4 is 41.8 Å². The molecule has 1 unspecified atom stereocenters. The number of carboxylic acid groups (broad SMARTS) is 7. The maximum Gasteiger partial charge on any atom is 0.324 e. The first-order valence-corrected chi connectivity index (χ1v) is 7.83. The molecule has 1 atom stereocenters. The number of rotatable bonds is 7. The Bertz CT molecular complexity index is 766. The first kappa shape index (κ1) is 23.3. The van der Waals surface area contributed by atoms with Crippen LogP contribution >= 0.6 is 0 Å². The third-order valence-electron chi connectivity index (χ3n) is 5.39. The number of hydrogen-bond acceptors (Lipinski definition) is 7. The topological polar surface area (TPSA) is 261 Å². The highest BCUT2D eigenvalue weighted by molar-refractivity contribution is 6.21. The van der Waals surface area contributed by atoms with Gasteiger partial charge in [0, 0.05) is 0 Å². The highest BCUT2D eigenvalue weighted by Crippen LogP contribution is 2.61. The van der Waals surface area contributed by atoms with Crippen molar-refractivity contribution in [2.24, 2.45) is 22.2 Å². The van der Waals surface area contributed by atoms with Crippen molar-refractivity contribution in [3.63, 3.8) is 0 Å². The Hall–Kier alpha value is -3.71. The van der Waals surface area contributed by atoms with Gasteiger partial charge in [0.25, 0.3) is 0 Å². The molecule has 29 heavy (non-hydrogen) atoms.